The molecule has 1 saturated heterocycles. The Hall–Kier alpha value is -2.01. The Labute approximate surface area is 123 Å². The summed E-state index contributed by atoms with van der Waals surface area (Å²) in [6.07, 6.45) is 8.33. The minimum Gasteiger partial charge on any atom is -0.472 e. The summed E-state index contributed by atoms with van der Waals surface area (Å²) < 4.78 is 10.5. The first kappa shape index (κ1) is 13.9. The Bertz CT molecular complexity index is 542. The van der Waals surface area contributed by atoms with Crippen molar-refractivity contribution in [2.45, 2.75) is 25.3 Å². The molecule has 0 bridgehead atoms. The molecule has 1 atom stereocenters. The first-order chi connectivity index (χ1) is 10.3. The van der Waals surface area contributed by atoms with Crippen LogP contribution in [-0.4, -0.2) is 30.4 Å². The van der Waals surface area contributed by atoms with Crippen molar-refractivity contribution < 1.29 is 13.6 Å². The molecule has 5 heteroatoms. The fourth-order valence-corrected chi connectivity index (χ4v) is 2.81. The second-order valence-corrected chi connectivity index (χ2v) is 5.35. The number of piperidine rings is 1. The quantitative estimate of drug-likeness (QED) is 0.919. The molecule has 1 unspecified atom stereocenters. The van der Waals surface area contributed by atoms with Gasteiger partial charge in [0.05, 0.1) is 24.1 Å². The lowest BCUT2D eigenvalue weighted by Crippen LogP contribution is -2.40. The summed E-state index contributed by atoms with van der Waals surface area (Å²) in [5.74, 6) is 0.793. The van der Waals surface area contributed by atoms with Gasteiger partial charge >= 0.3 is 0 Å². The van der Waals surface area contributed by atoms with Crippen molar-refractivity contribution in [1.29, 1.82) is 0 Å². The van der Waals surface area contributed by atoms with E-state index in [0.717, 1.165) is 18.8 Å². The van der Waals surface area contributed by atoms with Gasteiger partial charge < -0.3 is 14.2 Å². The van der Waals surface area contributed by atoms with Crippen molar-refractivity contribution in [1.82, 2.24) is 10.2 Å². The summed E-state index contributed by atoms with van der Waals surface area (Å²) in [5.41, 5.74) is 0.548. The Kier molecular flexibility index (Phi) is 4.40. The van der Waals surface area contributed by atoms with Crippen molar-refractivity contribution in [3.63, 3.8) is 0 Å². The van der Waals surface area contributed by atoms with Crippen LogP contribution in [0.2, 0.25) is 0 Å². The lowest BCUT2D eigenvalue weighted by atomic mass is 10.1. The highest BCUT2D eigenvalue weighted by Crippen LogP contribution is 2.24. The molecule has 3 heterocycles. The molecule has 1 aliphatic rings. The van der Waals surface area contributed by atoms with Gasteiger partial charge in [0, 0.05) is 6.54 Å². The van der Waals surface area contributed by atoms with Gasteiger partial charge in [0.15, 0.2) is 0 Å². The van der Waals surface area contributed by atoms with Gasteiger partial charge in [0.25, 0.3) is 5.91 Å². The number of rotatable bonds is 5. The predicted molar refractivity (Wildman–Crippen MR) is 77.9 cm³/mol. The van der Waals surface area contributed by atoms with Crippen LogP contribution in [0.3, 0.4) is 0 Å². The van der Waals surface area contributed by atoms with Gasteiger partial charge in [-0.2, -0.15) is 0 Å². The van der Waals surface area contributed by atoms with Crippen LogP contribution in [-0.2, 0) is 0 Å². The number of hydrogen-bond donors (Lipinski definition) is 1. The summed E-state index contributed by atoms with van der Waals surface area (Å²) in [6, 6.07) is 5.63. The molecule has 2 aromatic heterocycles. The third-order valence-corrected chi connectivity index (χ3v) is 3.94. The highest BCUT2D eigenvalue weighted by Gasteiger charge is 2.25. The molecule has 21 heavy (non-hydrogen) atoms. The molecular formula is C16H20N2O3. The molecule has 1 N–H and O–H groups in total. The summed E-state index contributed by atoms with van der Waals surface area (Å²) in [6.45, 7) is 2.64. The van der Waals surface area contributed by atoms with Crippen molar-refractivity contribution >= 4 is 5.91 Å². The number of furan rings is 2. The SMILES string of the molecule is O=C(NCC(c1ccco1)N1CCCCC1)c1ccoc1. The third kappa shape index (κ3) is 3.36. The highest BCUT2D eigenvalue weighted by atomic mass is 16.3. The minimum absolute atomic E-state index is 0.0937. The van der Waals surface area contributed by atoms with Crippen molar-refractivity contribution in [3.8, 4) is 0 Å². The van der Waals surface area contributed by atoms with E-state index in [4.69, 9.17) is 8.83 Å². The maximum absolute atomic E-state index is 12.0. The van der Waals surface area contributed by atoms with E-state index in [0.29, 0.717) is 12.1 Å². The van der Waals surface area contributed by atoms with E-state index in [2.05, 4.69) is 10.2 Å². The zero-order valence-electron chi connectivity index (χ0n) is 12.0. The van der Waals surface area contributed by atoms with E-state index in [1.807, 2.05) is 12.1 Å². The van der Waals surface area contributed by atoms with E-state index in [1.54, 1.807) is 12.3 Å². The number of amides is 1. The van der Waals surface area contributed by atoms with Crippen LogP contribution < -0.4 is 5.32 Å². The highest BCUT2D eigenvalue weighted by molar-refractivity contribution is 5.93. The van der Waals surface area contributed by atoms with Crippen LogP contribution in [0, 0.1) is 0 Å². The first-order valence-corrected chi connectivity index (χ1v) is 7.42. The summed E-state index contributed by atoms with van der Waals surface area (Å²) >= 11 is 0. The monoisotopic (exact) mass is 288 g/mol. The van der Waals surface area contributed by atoms with Crippen LogP contribution >= 0.6 is 0 Å². The second-order valence-electron chi connectivity index (χ2n) is 5.35. The van der Waals surface area contributed by atoms with E-state index >= 15 is 0 Å². The Morgan fingerprint density at radius 1 is 1.24 bits per heavy atom. The van der Waals surface area contributed by atoms with E-state index < -0.39 is 0 Å². The van der Waals surface area contributed by atoms with E-state index in [-0.39, 0.29) is 11.9 Å². The molecule has 0 aliphatic carbocycles. The fourth-order valence-electron chi connectivity index (χ4n) is 2.81. The maximum Gasteiger partial charge on any atom is 0.254 e. The summed E-state index contributed by atoms with van der Waals surface area (Å²) in [7, 11) is 0. The largest absolute Gasteiger partial charge is 0.472 e. The van der Waals surface area contributed by atoms with Crippen LogP contribution in [0.25, 0.3) is 0 Å². The fraction of sp³-hybridized carbons (Fsp3) is 0.438. The summed E-state index contributed by atoms with van der Waals surface area (Å²) in [5, 5.41) is 2.97. The van der Waals surface area contributed by atoms with Gasteiger partial charge in [-0.3, -0.25) is 9.69 Å². The van der Waals surface area contributed by atoms with Gasteiger partial charge in [-0.1, -0.05) is 6.42 Å². The van der Waals surface area contributed by atoms with E-state index in [9.17, 15) is 4.79 Å². The molecule has 0 radical (unpaired) electrons. The zero-order valence-corrected chi connectivity index (χ0v) is 12.0. The molecule has 5 nitrogen and oxygen atoms in total. The molecular weight excluding hydrogens is 268 g/mol. The van der Waals surface area contributed by atoms with Gasteiger partial charge in [0.1, 0.15) is 12.0 Å². The molecule has 1 fully saturated rings. The molecule has 3 rings (SSSR count). The van der Waals surface area contributed by atoms with Crippen molar-refractivity contribution in [2.75, 3.05) is 19.6 Å². The number of likely N-dealkylation sites (tertiary alicyclic amines) is 1. The van der Waals surface area contributed by atoms with E-state index in [1.165, 1.54) is 31.8 Å². The van der Waals surface area contributed by atoms with Crippen molar-refractivity contribution in [3.05, 3.63) is 48.3 Å². The van der Waals surface area contributed by atoms with Crippen molar-refractivity contribution in [2.24, 2.45) is 0 Å². The number of nitrogens with zero attached hydrogens (tertiary/aromatic N) is 1. The maximum atomic E-state index is 12.0. The molecule has 2 aromatic rings. The third-order valence-electron chi connectivity index (χ3n) is 3.94. The lowest BCUT2D eigenvalue weighted by Gasteiger charge is -2.33. The van der Waals surface area contributed by atoms with Crippen LogP contribution in [0.15, 0.2) is 45.8 Å². The molecule has 1 aliphatic heterocycles. The van der Waals surface area contributed by atoms with Gasteiger partial charge in [-0.05, 0) is 44.1 Å². The lowest BCUT2D eigenvalue weighted by molar-refractivity contribution is 0.0913. The van der Waals surface area contributed by atoms with Gasteiger partial charge in [-0.15, -0.1) is 0 Å². The topological polar surface area (TPSA) is 58.6 Å². The van der Waals surface area contributed by atoms with Gasteiger partial charge in [-0.25, -0.2) is 0 Å². The normalized spacial score (nSPS) is 17.5. The average Bonchev–Trinajstić information content (AvgIpc) is 3.22. The molecule has 112 valence electrons. The number of nitrogens with one attached hydrogen (secondary N) is 1. The first-order valence-electron chi connectivity index (χ1n) is 7.42. The Morgan fingerprint density at radius 3 is 2.76 bits per heavy atom. The molecule has 0 saturated carbocycles. The van der Waals surface area contributed by atoms with Crippen LogP contribution in [0.5, 0.6) is 0 Å². The molecule has 0 aromatic carbocycles. The average molecular weight is 288 g/mol. The number of hydrogen-bond acceptors (Lipinski definition) is 4. The predicted octanol–water partition coefficient (Wildman–Crippen LogP) is 2.83. The van der Waals surface area contributed by atoms with Crippen LogP contribution in [0.1, 0.15) is 41.4 Å². The smallest absolute Gasteiger partial charge is 0.254 e. The Morgan fingerprint density at radius 2 is 2.10 bits per heavy atom. The number of carbonyl (C=O) groups excluding carboxylic acids is 1. The molecule has 0 spiro atoms. The zero-order chi connectivity index (χ0) is 14.5. The second kappa shape index (κ2) is 6.63. The van der Waals surface area contributed by atoms with Crippen LogP contribution in [0.4, 0.5) is 0 Å². The van der Waals surface area contributed by atoms with Gasteiger partial charge in [0.2, 0.25) is 0 Å². The standard InChI is InChI=1S/C16H20N2O3/c19-16(13-6-10-20-12-13)17-11-14(15-5-4-9-21-15)18-7-2-1-3-8-18/h4-6,9-10,12,14H,1-3,7-8,11H2,(H,17,19). The molecule has 1 amide bonds. The minimum atomic E-state index is -0.114. The Balaban J connectivity index is 1.66. The summed E-state index contributed by atoms with van der Waals surface area (Å²) in [4.78, 5) is 14.4. The number of carbonyl (C=O) groups is 1.